The molecule has 0 unspecified atom stereocenters. The third-order valence-corrected chi connectivity index (χ3v) is 5.11. The van der Waals surface area contributed by atoms with Crippen LogP contribution in [0, 0.1) is 19.8 Å². The molecule has 3 aromatic heterocycles. The molecule has 0 bridgehead atoms. The number of aryl methyl sites for hydroxylation is 3. The summed E-state index contributed by atoms with van der Waals surface area (Å²) in [6, 6.07) is 0. The summed E-state index contributed by atoms with van der Waals surface area (Å²) in [6.07, 6.45) is 8.54. The SMILES string of the molecule is Cc1noc(C)c1-c1nccnc1C[C@H]1CCN(C(=O)c2nccn2C)C1. The van der Waals surface area contributed by atoms with Crippen LogP contribution in [0.5, 0.6) is 0 Å². The maximum atomic E-state index is 12.7. The molecule has 4 heterocycles. The van der Waals surface area contributed by atoms with E-state index in [1.165, 1.54) is 0 Å². The van der Waals surface area contributed by atoms with Crippen LogP contribution in [0.25, 0.3) is 11.3 Å². The summed E-state index contributed by atoms with van der Waals surface area (Å²) in [5, 5.41) is 4.03. The van der Waals surface area contributed by atoms with Gasteiger partial charge in [-0.15, -0.1) is 0 Å². The zero-order valence-electron chi connectivity index (χ0n) is 15.7. The van der Waals surface area contributed by atoms with Crippen LogP contribution in [-0.2, 0) is 13.5 Å². The molecule has 0 spiro atoms. The van der Waals surface area contributed by atoms with Crippen molar-refractivity contribution >= 4 is 5.91 Å². The Morgan fingerprint density at radius 2 is 2.04 bits per heavy atom. The van der Waals surface area contributed by atoms with E-state index in [9.17, 15) is 4.79 Å². The summed E-state index contributed by atoms with van der Waals surface area (Å²) in [6.45, 7) is 5.23. The summed E-state index contributed by atoms with van der Waals surface area (Å²) in [4.78, 5) is 27.8. The number of carbonyl (C=O) groups excluding carboxylic acids is 1. The second kappa shape index (κ2) is 6.94. The Morgan fingerprint density at radius 1 is 1.22 bits per heavy atom. The smallest absolute Gasteiger partial charge is 0.289 e. The number of aromatic nitrogens is 5. The highest BCUT2D eigenvalue weighted by molar-refractivity contribution is 5.91. The molecule has 1 aliphatic heterocycles. The van der Waals surface area contributed by atoms with E-state index in [1.807, 2.05) is 25.8 Å². The Morgan fingerprint density at radius 3 is 2.74 bits per heavy atom. The predicted molar refractivity (Wildman–Crippen MR) is 97.9 cm³/mol. The van der Waals surface area contributed by atoms with Gasteiger partial charge in [-0.3, -0.25) is 14.8 Å². The Kier molecular flexibility index (Phi) is 4.47. The molecule has 27 heavy (non-hydrogen) atoms. The van der Waals surface area contributed by atoms with E-state index in [4.69, 9.17) is 4.52 Å². The first-order valence-electron chi connectivity index (χ1n) is 9.04. The molecule has 0 saturated carbocycles. The number of likely N-dealkylation sites (tertiary alicyclic amines) is 1. The lowest BCUT2D eigenvalue weighted by atomic mass is 9.98. The van der Waals surface area contributed by atoms with Crippen LogP contribution in [0.1, 0.15) is 34.2 Å². The second-order valence-corrected chi connectivity index (χ2v) is 7.02. The van der Waals surface area contributed by atoms with Crippen LogP contribution in [0.3, 0.4) is 0 Å². The number of amides is 1. The first kappa shape index (κ1) is 17.4. The van der Waals surface area contributed by atoms with Gasteiger partial charge in [0.05, 0.1) is 22.6 Å². The van der Waals surface area contributed by atoms with Crippen molar-refractivity contribution in [1.29, 1.82) is 0 Å². The molecule has 4 rings (SSSR count). The van der Waals surface area contributed by atoms with Gasteiger partial charge in [-0.25, -0.2) is 4.98 Å². The molecule has 0 N–H and O–H groups in total. The van der Waals surface area contributed by atoms with Crippen molar-refractivity contribution in [2.75, 3.05) is 13.1 Å². The van der Waals surface area contributed by atoms with Crippen molar-refractivity contribution in [3.8, 4) is 11.3 Å². The summed E-state index contributed by atoms with van der Waals surface area (Å²) >= 11 is 0. The van der Waals surface area contributed by atoms with E-state index in [2.05, 4.69) is 20.1 Å². The van der Waals surface area contributed by atoms with Gasteiger partial charge in [-0.1, -0.05) is 5.16 Å². The van der Waals surface area contributed by atoms with Crippen molar-refractivity contribution < 1.29 is 9.32 Å². The average Bonchev–Trinajstić information content (AvgIpc) is 3.37. The van der Waals surface area contributed by atoms with Crippen molar-refractivity contribution in [2.45, 2.75) is 26.7 Å². The summed E-state index contributed by atoms with van der Waals surface area (Å²) in [7, 11) is 1.84. The lowest BCUT2D eigenvalue weighted by Gasteiger charge is -2.16. The average molecular weight is 366 g/mol. The molecule has 3 aromatic rings. The molecule has 0 radical (unpaired) electrons. The van der Waals surface area contributed by atoms with E-state index < -0.39 is 0 Å². The quantitative estimate of drug-likeness (QED) is 0.703. The maximum Gasteiger partial charge on any atom is 0.289 e. The van der Waals surface area contributed by atoms with Gasteiger partial charge in [0.1, 0.15) is 5.76 Å². The van der Waals surface area contributed by atoms with Crippen LogP contribution in [0.4, 0.5) is 0 Å². The minimum Gasteiger partial charge on any atom is -0.361 e. The van der Waals surface area contributed by atoms with Gasteiger partial charge in [0.15, 0.2) is 5.82 Å². The van der Waals surface area contributed by atoms with Crippen LogP contribution < -0.4 is 0 Å². The molecule has 0 aromatic carbocycles. The maximum absolute atomic E-state index is 12.7. The van der Waals surface area contributed by atoms with Gasteiger partial charge in [-0.05, 0) is 32.6 Å². The fourth-order valence-electron chi connectivity index (χ4n) is 3.72. The Bertz CT molecular complexity index is 957. The molecular formula is C19H22N6O2. The highest BCUT2D eigenvalue weighted by Gasteiger charge is 2.30. The van der Waals surface area contributed by atoms with Crippen LogP contribution in [-0.4, -0.2) is 48.6 Å². The number of hydrogen-bond donors (Lipinski definition) is 0. The number of carbonyl (C=O) groups is 1. The van der Waals surface area contributed by atoms with E-state index in [-0.39, 0.29) is 5.91 Å². The van der Waals surface area contributed by atoms with Crippen molar-refractivity contribution in [3.63, 3.8) is 0 Å². The Hall–Kier alpha value is -3.03. The topological polar surface area (TPSA) is 89.9 Å². The Balaban J connectivity index is 1.52. The third-order valence-electron chi connectivity index (χ3n) is 5.11. The largest absolute Gasteiger partial charge is 0.361 e. The molecule has 1 atom stereocenters. The number of hydrogen-bond acceptors (Lipinski definition) is 6. The van der Waals surface area contributed by atoms with Gasteiger partial charge in [0.25, 0.3) is 5.91 Å². The van der Waals surface area contributed by atoms with E-state index in [1.54, 1.807) is 29.4 Å². The van der Waals surface area contributed by atoms with Crippen molar-refractivity contribution in [3.05, 3.63) is 47.8 Å². The minimum absolute atomic E-state index is 0.0184. The predicted octanol–water partition coefficient (Wildman–Crippen LogP) is 2.19. The van der Waals surface area contributed by atoms with Gasteiger partial charge < -0.3 is 14.0 Å². The number of nitrogens with zero attached hydrogens (tertiary/aromatic N) is 6. The van der Waals surface area contributed by atoms with Gasteiger partial charge in [-0.2, -0.15) is 0 Å². The summed E-state index contributed by atoms with van der Waals surface area (Å²) in [5.41, 5.74) is 3.47. The first-order chi connectivity index (χ1) is 13.0. The lowest BCUT2D eigenvalue weighted by Crippen LogP contribution is -2.31. The zero-order valence-corrected chi connectivity index (χ0v) is 15.7. The lowest BCUT2D eigenvalue weighted by molar-refractivity contribution is 0.0771. The van der Waals surface area contributed by atoms with Gasteiger partial charge >= 0.3 is 0 Å². The Labute approximate surface area is 157 Å². The van der Waals surface area contributed by atoms with E-state index >= 15 is 0 Å². The molecule has 1 amide bonds. The summed E-state index contributed by atoms with van der Waals surface area (Å²) < 4.78 is 7.05. The molecule has 0 aliphatic carbocycles. The van der Waals surface area contributed by atoms with E-state index in [0.29, 0.717) is 18.3 Å². The fourth-order valence-corrected chi connectivity index (χ4v) is 3.72. The van der Waals surface area contributed by atoms with Crippen molar-refractivity contribution in [2.24, 2.45) is 13.0 Å². The van der Waals surface area contributed by atoms with Crippen LogP contribution >= 0.6 is 0 Å². The highest BCUT2D eigenvalue weighted by Crippen LogP contribution is 2.30. The molecule has 1 saturated heterocycles. The normalized spacial score (nSPS) is 16.9. The van der Waals surface area contributed by atoms with Crippen molar-refractivity contribution in [1.82, 2.24) is 29.6 Å². The highest BCUT2D eigenvalue weighted by atomic mass is 16.5. The second-order valence-electron chi connectivity index (χ2n) is 7.02. The van der Waals surface area contributed by atoms with Crippen LogP contribution in [0.2, 0.25) is 0 Å². The first-order valence-corrected chi connectivity index (χ1v) is 9.04. The monoisotopic (exact) mass is 366 g/mol. The molecule has 140 valence electrons. The number of rotatable bonds is 4. The van der Waals surface area contributed by atoms with Gasteiger partial charge in [0, 0.05) is 44.9 Å². The van der Waals surface area contributed by atoms with Gasteiger partial charge in [0.2, 0.25) is 0 Å². The summed E-state index contributed by atoms with van der Waals surface area (Å²) in [5.74, 6) is 1.54. The van der Waals surface area contributed by atoms with Crippen LogP contribution in [0.15, 0.2) is 29.3 Å². The fraction of sp³-hybridized carbons (Fsp3) is 0.421. The molecule has 8 heteroatoms. The molecule has 1 fully saturated rings. The number of imidazole rings is 1. The molecule has 8 nitrogen and oxygen atoms in total. The third kappa shape index (κ3) is 3.22. The van der Waals surface area contributed by atoms with E-state index in [0.717, 1.165) is 47.8 Å². The molecular weight excluding hydrogens is 344 g/mol. The zero-order chi connectivity index (χ0) is 19.0. The standard InChI is InChI=1S/C19H22N6O2/c1-12-16(13(2)27-23-12)17-15(20-5-6-21-17)10-14-4-8-25(11-14)19(26)18-22-7-9-24(18)3/h5-7,9,14H,4,8,10-11H2,1-3H3/t14-/m1/s1. The minimum atomic E-state index is -0.0184. The molecule has 1 aliphatic rings.